The Morgan fingerprint density at radius 2 is 1.84 bits per heavy atom. The molecule has 1 aromatic heterocycles. The topological polar surface area (TPSA) is 96.6 Å². The summed E-state index contributed by atoms with van der Waals surface area (Å²) in [6.45, 7) is 8.27. The lowest BCUT2D eigenvalue weighted by molar-refractivity contribution is 0.169. The summed E-state index contributed by atoms with van der Waals surface area (Å²) in [6.07, 6.45) is 2.75. The third-order valence-electron chi connectivity index (χ3n) is 5.95. The molecule has 31 heavy (non-hydrogen) atoms. The maximum atomic E-state index is 9.51. The Kier molecular flexibility index (Phi) is 11.8. The number of benzene rings is 1. The van der Waals surface area contributed by atoms with Gasteiger partial charge in [0.15, 0.2) is 11.8 Å². The first-order valence-corrected chi connectivity index (χ1v) is 10.6. The van der Waals surface area contributed by atoms with Crippen LogP contribution in [0.25, 0.3) is 0 Å². The van der Waals surface area contributed by atoms with Gasteiger partial charge in [0.25, 0.3) is 0 Å². The van der Waals surface area contributed by atoms with Crippen LogP contribution < -0.4 is 15.4 Å². The van der Waals surface area contributed by atoms with Crippen LogP contribution in [0.4, 0.5) is 0 Å². The highest BCUT2D eigenvalue weighted by Gasteiger charge is 2.25. The molecule has 0 amide bonds. The highest BCUT2D eigenvalue weighted by molar-refractivity contribution is 14.0. The van der Waals surface area contributed by atoms with E-state index in [1.165, 1.54) is 0 Å². The molecule has 0 aliphatic heterocycles. The highest BCUT2D eigenvalue weighted by Crippen LogP contribution is 2.29. The van der Waals surface area contributed by atoms with Gasteiger partial charge in [0.2, 0.25) is 0 Å². The molecule has 0 radical (unpaired) electrons. The van der Waals surface area contributed by atoms with E-state index in [2.05, 4.69) is 34.7 Å². The van der Waals surface area contributed by atoms with E-state index in [1.54, 1.807) is 7.11 Å². The molecule has 3 N–H and O–H groups in total. The molecule has 1 aromatic carbocycles. The number of hydrogen-bond acceptors (Lipinski definition) is 5. The molecule has 2 aromatic rings. The standard InChI is InChI=1S/C22H36N6O2.HI/c1-6-22(7-2,12-13-29)16-25-21(24-15-20-27-26-17(3)28(20)4)23-14-18-8-10-19(30-5)11-9-18;/h8-11,29H,6-7,12-16H2,1-5H3,(H2,23,24,25);1H. The molecule has 9 heteroatoms. The summed E-state index contributed by atoms with van der Waals surface area (Å²) in [5, 5.41) is 24.7. The van der Waals surface area contributed by atoms with Gasteiger partial charge >= 0.3 is 0 Å². The Balaban J connectivity index is 0.00000480. The van der Waals surface area contributed by atoms with Crippen molar-refractivity contribution in [1.82, 2.24) is 25.4 Å². The first kappa shape index (κ1) is 27.2. The van der Waals surface area contributed by atoms with Gasteiger partial charge in [-0.2, -0.15) is 0 Å². The smallest absolute Gasteiger partial charge is 0.191 e. The van der Waals surface area contributed by atoms with Gasteiger partial charge in [0.05, 0.1) is 20.2 Å². The number of nitrogens with one attached hydrogen (secondary N) is 2. The van der Waals surface area contributed by atoms with Crippen molar-refractivity contribution < 1.29 is 9.84 Å². The molecular formula is C22H37IN6O2. The molecule has 0 fully saturated rings. The van der Waals surface area contributed by atoms with Crippen molar-refractivity contribution in [2.75, 3.05) is 20.3 Å². The molecule has 174 valence electrons. The van der Waals surface area contributed by atoms with E-state index in [4.69, 9.17) is 9.73 Å². The van der Waals surface area contributed by atoms with Crippen LogP contribution >= 0.6 is 24.0 Å². The number of ether oxygens (including phenoxy) is 1. The van der Waals surface area contributed by atoms with E-state index in [0.29, 0.717) is 13.1 Å². The summed E-state index contributed by atoms with van der Waals surface area (Å²) in [7, 11) is 3.61. The fourth-order valence-corrected chi connectivity index (χ4v) is 3.29. The number of guanidine groups is 1. The van der Waals surface area contributed by atoms with Crippen LogP contribution in [-0.2, 0) is 20.1 Å². The molecule has 0 unspecified atom stereocenters. The Morgan fingerprint density at radius 3 is 2.35 bits per heavy atom. The number of aliphatic hydroxyl groups excluding tert-OH is 1. The second-order valence-corrected chi connectivity index (χ2v) is 7.62. The highest BCUT2D eigenvalue weighted by atomic mass is 127. The van der Waals surface area contributed by atoms with Gasteiger partial charge < -0.3 is 25.0 Å². The Bertz CT molecular complexity index is 803. The fourth-order valence-electron chi connectivity index (χ4n) is 3.29. The molecule has 2 rings (SSSR count). The number of nitrogens with zero attached hydrogens (tertiary/aromatic N) is 4. The van der Waals surface area contributed by atoms with Crippen molar-refractivity contribution in [3.05, 3.63) is 41.5 Å². The molecule has 1 heterocycles. The van der Waals surface area contributed by atoms with E-state index in [-0.39, 0.29) is 36.0 Å². The van der Waals surface area contributed by atoms with Crippen LogP contribution in [0.1, 0.15) is 50.3 Å². The zero-order valence-electron chi connectivity index (χ0n) is 19.3. The number of aliphatic imine (C=N–C) groups is 1. The van der Waals surface area contributed by atoms with E-state index in [9.17, 15) is 5.11 Å². The predicted octanol–water partition coefficient (Wildman–Crippen LogP) is 3.17. The number of rotatable bonds is 11. The van der Waals surface area contributed by atoms with Crippen LogP contribution in [-0.4, -0.2) is 46.1 Å². The molecule has 0 bridgehead atoms. The van der Waals surface area contributed by atoms with Crippen LogP contribution in [0.3, 0.4) is 0 Å². The number of hydrogen-bond donors (Lipinski definition) is 3. The third kappa shape index (κ3) is 7.95. The minimum atomic E-state index is 0. The maximum Gasteiger partial charge on any atom is 0.191 e. The van der Waals surface area contributed by atoms with E-state index >= 15 is 0 Å². The van der Waals surface area contributed by atoms with E-state index in [1.807, 2.05) is 42.8 Å². The van der Waals surface area contributed by atoms with Crippen molar-refractivity contribution in [3.8, 4) is 5.75 Å². The summed E-state index contributed by atoms with van der Waals surface area (Å²) in [5.74, 6) is 3.27. The summed E-state index contributed by atoms with van der Waals surface area (Å²) < 4.78 is 7.18. The Morgan fingerprint density at radius 1 is 1.16 bits per heavy atom. The molecule has 0 aliphatic carbocycles. The lowest BCUT2D eigenvalue weighted by Gasteiger charge is -2.32. The largest absolute Gasteiger partial charge is 0.497 e. The van der Waals surface area contributed by atoms with Gasteiger partial charge in [-0.3, -0.25) is 0 Å². The van der Waals surface area contributed by atoms with Crippen molar-refractivity contribution in [2.45, 2.75) is 53.1 Å². The number of halogens is 1. The van der Waals surface area contributed by atoms with E-state index < -0.39 is 0 Å². The lowest BCUT2D eigenvalue weighted by Crippen LogP contribution is -2.44. The molecular weight excluding hydrogens is 507 g/mol. The van der Waals surface area contributed by atoms with Gasteiger partial charge in [0.1, 0.15) is 11.6 Å². The van der Waals surface area contributed by atoms with Gasteiger partial charge in [-0.05, 0) is 49.3 Å². The van der Waals surface area contributed by atoms with Gasteiger partial charge in [-0.1, -0.05) is 26.0 Å². The van der Waals surface area contributed by atoms with Gasteiger partial charge in [-0.15, -0.1) is 34.2 Å². The van der Waals surface area contributed by atoms with Crippen molar-refractivity contribution >= 4 is 29.9 Å². The molecule has 0 aliphatic rings. The second-order valence-electron chi connectivity index (χ2n) is 7.62. The zero-order chi connectivity index (χ0) is 22.0. The van der Waals surface area contributed by atoms with Gasteiger partial charge in [0, 0.05) is 20.2 Å². The summed E-state index contributed by atoms with van der Waals surface area (Å²) in [4.78, 5) is 4.77. The van der Waals surface area contributed by atoms with E-state index in [0.717, 1.165) is 54.7 Å². The predicted molar refractivity (Wildman–Crippen MR) is 135 cm³/mol. The van der Waals surface area contributed by atoms with Gasteiger partial charge in [-0.25, -0.2) is 4.99 Å². The average molecular weight is 544 g/mol. The minimum Gasteiger partial charge on any atom is -0.497 e. The normalized spacial score (nSPS) is 11.7. The van der Waals surface area contributed by atoms with Crippen LogP contribution in [0.15, 0.2) is 29.3 Å². The monoisotopic (exact) mass is 544 g/mol. The quantitative estimate of drug-likeness (QED) is 0.229. The van der Waals surface area contributed by atoms with Crippen LogP contribution in [0.2, 0.25) is 0 Å². The molecule has 0 saturated heterocycles. The molecule has 0 atom stereocenters. The number of methoxy groups -OCH3 is 1. The Hall–Kier alpha value is -1.88. The van der Waals surface area contributed by atoms with Crippen molar-refractivity contribution in [1.29, 1.82) is 0 Å². The number of aryl methyl sites for hydroxylation is 1. The maximum absolute atomic E-state index is 9.51. The number of aromatic nitrogens is 3. The summed E-state index contributed by atoms with van der Waals surface area (Å²) >= 11 is 0. The molecule has 0 spiro atoms. The SMILES string of the molecule is CCC(CC)(CCO)CNC(=NCc1ccc(OC)cc1)NCc1nnc(C)n1C.I. The molecule has 0 saturated carbocycles. The van der Waals surface area contributed by atoms with Crippen LogP contribution in [0.5, 0.6) is 5.75 Å². The average Bonchev–Trinajstić information content (AvgIpc) is 3.10. The molecule has 8 nitrogen and oxygen atoms in total. The van der Waals surface area contributed by atoms with Crippen molar-refractivity contribution in [3.63, 3.8) is 0 Å². The minimum absolute atomic E-state index is 0. The van der Waals surface area contributed by atoms with Crippen LogP contribution in [0, 0.1) is 12.3 Å². The first-order valence-electron chi connectivity index (χ1n) is 10.6. The summed E-state index contributed by atoms with van der Waals surface area (Å²) in [5.41, 5.74) is 1.14. The zero-order valence-corrected chi connectivity index (χ0v) is 21.6. The Labute approximate surface area is 202 Å². The fraction of sp³-hybridized carbons (Fsp3) is 0.591. The second kappa shape index (κ2) is 13.5. The first-order chi connectivity index (χ1) is 14.5. The van der Waals surface area contributed by atoms with Crippen molar-refractivity contribution in [2.24, 2.45) is 17.5 Å². The summed E-state index contributed by atoms with van der Waals surface area (Å²) in [6, 6.07) is 7.91. The lowest BCUT2D eigenvalue weighted by atomic mass is 9.79. The third-order valence-corrected chi connectivity index (χ3v) is 5.95. The number of aliphatic hydroxyl groups is 1.